The second kappa shape index (κ2) is 5.76. The summed E-state index contributed by atoms with van der Waals surface area (Å²) >= 11 is 17.8. The van der Waals surface area contributed by atoms with Crippen molar-refractivity contribution in [1.29, 1.82) is 0 Å². The van der Waals surface area contributed by atoms with Crippen molar-refractivity contribution in [2.75, 3.05) is 0 Å². The van der Waals surface area contributed by atoms with E-state index in [0.717, 1.165) is 0 Å². The maximum absolute atomic E-state index is 8.95. The number of aromatic nitrogens is 1. The number of hydrogen-bond acceptors (Lipinski definition) is 3. The summed E-state index contributed by atoms with van der Waals surface area (Å²) in [4.78, 5) is 4.00. The van der Waals surface area contributed by atoms with Crippen molar-refractivity contribution in [3.63, 3.8) is 0 Å². The molecule has 2 aromatic rings. The van der Waals surface area contributed by atoms with Gasteiger partial charge in [-0.25, -0.2) is 4.98 Å². The summed E-state index contributed by atoms with van der Waals surface area (Å²) in [6.07, 6.45) is 1.47. The van der Waals surface area contributed by atoms with Crippen molar-refractivity contribution in [3.8, 4) is 11.6 Å². The van der Waals surface area contributed by atoms with Crippen molar-refractivity contribution >= 4 is 34.8 Å². The Hall–Kier alpha value is -1.000. The largest absolute Gasteiger partial charge is 0.436 e. The first kappa shape index (κ1) is 13.4. The Kier molecular flexibility index (Phi) is 4.30. The van der Waals surface area contributed by atoms with E-state index >= 15 is 0 Å². The van der Waals surface area contributed by atoms with Gasteiger partial charge in [-0.05, 0) is 23.8 Å². The number of pyridine rings is 1. The van der Waals surface area contributed by atoms with Crippen LogP contribution in [-0.2, 0) is 6.61 Å². The van der Waals surface area contributed by atoms with E-state index < -0.39 is 0 Å². The first-order valence-electron chi connectivity index (χ1n) is 4.98. The van der Waals surface area contributed by atoms with Crippen molar-refractivity contribution in [1.82, 2.24) is 4.98 Å². The van der Waals surface area contributed by atoms with Crippen LogP contribution in [0.3, 0.4) is 0 Å². The highest BCUT2D eigenvalue weighted by atomic mass is 35.5. The molecule has 1 heterocycles. The van der Waals surface area contributed by atoms with Crippen LogP contribution in [0.1, 0.15) is 5.56 Å². The summed E-state index contributed by atoms with van der Waals surface area (Å²) in [7, 11) is 0. The molecule has 0 saturated carbocycles. The minimum absolute atomic E-state index is 0.134. The lowest BCUT2D eigenvalue weighted by atomic mass is 10.3. The molecule has 0 unspecified atom stereocenters. The topological polar surface area (TPSA) is 42.4 Å². The number of aliphatic hydroxyl groups is 1. The molecule has 0 aliphatic heterocycles. The Morgan fingerprint density at radius 3 is 2.56 bits per heavy atom. The third kappa shape index (κ3) is 3.06. The molecule has 3 nitrogen and oxygen atoms in total. The third-order valence-corrected chi connectivity index (χ3v) is 2.96. The molecular weight excluding hydrogens is 296 g/mol. The van der Waals surface area contributed by atoms with Gasteiger partial charge < -0.3 is 9.84 Å². The number of nitrogens with zero attached hydrogens (tertiary/aromatic N) is 1. The number of ether oxygens (including phenoxy) is 1. The lowest BCUT2D eigenvalue weighted by molar-refractivity contribution is 0.281. The molecule has 94 valence electrons. The lowest BCUT2D eigenvalue weighted by Crippen LogP contribution is -1.92. The zero-order valence-electron chi connectivity index (χ0n) is 9.03. The quantitative estimate of drug-likeness (QED) is 0.918. The molecule has 0 bridgehead atoms. The van der Waals surface area contributed by atoms with E-state index in [1.54, 1.807) is 24.3 Å². The van der Waals surface area contributed by atoms with Gasteiger partial charge in [-0.3, -0.25) is 0 Å². The minimum atomic E-state index is -0.134. The fourth-order valence-electron chi connectivity index (χ4n) is 1.29. The van der Waals surface area contributed by atoms with Gasteiger partial charge in [0.1, 0.15) is 10.8 Å². The molecule has 18 heavy (non-hydrogen) atoms. The highest BCUT2D eigenvalue weighted by Gasteiger charge is 2.09. The third-order valence-electron chi connectivity index (χ3n) is 2.15. The average molecular weight is 305 g/mol. The van der Waals surface area contributed by atoms with Crippen molar-refractivity contribution < 1.29 is 9.84 Å². The van der Waals surface area contributed by atoms with E-state index in [4.69, 9.17) is 44.6 Å². The molecule has 0 saturated heterocycles. The zero-order chi connectivity index (χ0) is 13.1. The van der Waals surface area contributed by atoms with E-state index in [0.29, 0.717) is 21.4 Å². The molecule has 0 spiro atoms. The monoisotopic (exact) mass is 303 g/mol. The Labute approximate surface area is 119 Å². The molecule has 1 N–H and O–H groups in total. The van der Waals surface area contributed by atoms with Gasteiger partial charge in [0, 0.05) is 17.3 Å². The molecular formula is C12H8Cl3NO2. The minimum Gasteiger partial charge on any atom is -0.436 e. The summed E-state index contributed by atoms with van der Waals surface area (Å²) in [6, 6.07) is 6.42. The van der Waals surface area contributed by atoms with E-state index in [1.807, 2.05) is 0 Å². The van der Waals surface area contributed by atoms with Crippen LogP contribution in [0.25, 0.3) is 0 Å². The maximum atomic E-state index is 8.95. The van der Waals surface area contributed by atoms with Crippen LogP contribution in [0.4, 0.5) is 0 Å². The van der Waals surface area contributed by atoms with Gasteiger partial charge in [0.15, 0.2) is 0 Å². The van der Waals surface area contributed by atoms with Gasteiger partial charge in [0.25, 0.3) is 0 Å². The van der Waals surface area contributed by atoms with Crippen LogP contribution in [0.2, 0.25) is 15.1 Å². The van der Waals surface area contributed by atoms with E-state index in [2.05, 4.69) is 4.98 Å². The Morgan fingerprint density at radius 1 is 1.11 bits per heavy atom. The predicted molar refractivity (Wildman–Crippen MR) is 71.7 cm³/mol. The van der Waals surface area contributed by atoms with E-state index in [-0.39, 0.29) is 17.5 Å². The van der Waals surface area contributed by atoms with Crippen molar-refractivity contribution in [2.45, 2.75) is 6.61 Å². The molecule has 0 aliphatic carbocycles. The zero-order valence-corrected chi connectivity index (χ0v) is 11.3. The Bertz CT molecular complexity index is 575. The van der Waals surface area contributed by atoms with Crippen LogP contribution >= 0.6 is 34.8 Å². The number of aliphatic hydroxyl groups excluding tert-OH is 1. The molecule has 0 aliphatic rings. The second-order valence-corrected chi connectivity index (χ2v) is 4.72. The molecule has 0 radical (unpaired) electrons. The number of rotatable bonds is 3. The normalized spacial score (nSPS) is 10.4. The van der Waals surface area contributed by atoms with Gasteiger partial charge in [0.05, 0.1) is 11.6 Å². The fourth-order valence-corrected chi connectivity index (χ4v) is 1.83. The summed E-state index contributed by atoms with van der Waals surface area (Å²) in [5.74, 6) is 0.577. The fraction of sp³-hybridized carbons (Fsp3) is 0.0833. The summed E-state index contributed by atoms with van der Waals surface area (Å²) in [6.45, 7) is -0.134. The molecule has 0 fully saturated rings. The van der Waals surface area contributed by atoms with Crippen LogP contribution in [0, 0.1) is 0 Å². The number of hydrogen-bond donors (Lipinski definition) is 1. The first-order chi connectivity index (χ1) is 8.60. The Morgan fingerprint density at radius 2 is 1.89 bits per heavy atom. The maximum Gasteiger partial charge on any atom is 0.238 e. The number of benzene rings is 1. The van der Waals surface area contributed by atoms with Gasteiger partial charge in [-0.2, -0.15) is 0 Å². The van der Waals surface area contributed by atoms with Crippen LogP contribution in [0.5, 0.6) is 11.6 Å². The standard InChI is InChI=1S/C12H8Cl3NO2/c13-8-1-2-9(14)11(4-8)18-12-10(15)3-7(6-17)5-16-12/h1-5,17H,6H2. The van der Waals surface area contributed by atoms with Crippen molar-refractivity contribution in [3.05, 3.63) is 51.1 Å². The Balaban J connectivity index is 2.31. The van der Waals surface area contributed by atoms with Crippen LogP contribution in [0.15, 0.2) is 30.5 Å². The number of halogens is 3. The molecule has 6 heteroatoms. The molecule has 0 atom stereocenters. The van der Waals surface area contributed by atoms with Gasteiger partial charge in [-0.15, -0.1) is 0 Å². The predicted octanol–water partition coefficient (Wildman–Crippen LogP) is 4.33. The van der Waals surface area contributed by atoms with Gasteiger partial charge >= 0.3 is 0 Å². The van der Waals surface area contributed by atoms with E-state index in [9.17, 15) is 0 Å². The molecule has 1 aromatic heterocycles. The lowest BCUT2D eigenvalue weighted by Gasteiger charge is -2.09. The smallest absolute Gasteiger partial charge is 0.238 e. The highest BCUT2D eigenvalue weighted by molar-refractivity contribution is 6.34. The highest BCUT2D eigenvalue weighted by Crippen LogP contribution is 2.34. The molecule has 0 amide bonds. The summed E-state index contributed by atoms with van der Waals surface area (Å²) < 4.78 is 5.48. The van der Waals surface area contributed by atoms with Gasteiger partial charge in [0.2, 0.25) is 5.88 Å². The van der Waals surface area contributed by atoms with Gasteiger partial charge in [-0.1, -0.05) is 34.8 Å². The van der Waals surface area contributed by atoms with Crippen molar-refractivity contribution in [2.24, 2.45) is 0 Å². The summed E-state index contributed by atoms with van der Waals surface area (Å²) in [5, 5.41) is 10.1. The van der Waals surface area contributed by atoms with Crippen LogP contribution in [-0.4, -0.2) is 10.1 Å². The second-order valence-electron chi connectivity index (χ2n) is 3.47. The SMILES string of the molecule is OCc1cnc(Oc2cc(Cl)ccc2Cl)c(Cl)c1. The van der Waals surface area contributed by atoms with E-state index in [1.165, 1.54) is 6.20 Å². The molecule has 2 rings (SSSR count). The first-order valence-corrected chi connectivity index (χ1v) is 6.11. The summed E-state index contributed by atoms with van der Waals surface area (Å²) in [5.41, 5.74) is 0.601. The average Bonchev–Trinajstić information content (AvgIpc) is 2.36. The molecule has 1 aromatic carbocycles. The van der Waals surface area contributed by atoms with Crippen LogP contribution < -0.4 is 4.74 Å².